The Balaban J connectivity index is 0.000000153. The first-order chi connectivity index (χ1) is 57.7. The molecule has 15 rings (SSSR count). The summed E-state index contributed by atoms with van der Waals surface area (Å²) in [6, 6.07) is 87.5. The van der Waals surface area contributed by atoms with Gasteiger partial charge in [0.15, 0.2) is 34.3 Å². The third-order valence-corrected chi connectivity index (χ3v) is 21.5. The SMILES string of the molecule is COCCN1C[C@H](C(c2ccccc2)c2ccccc2)n2cc(C(=O)O)c(=O)c(OCc3ccccc3)c2C1=O.COCCN1C[C@H](C(c2ccccc2)c2ccccc2)n2cc(CO)c(=O)c(OCc3ccccc3)c2C1=O.COCCN1C[C@H](C(c2ccccc2)c2ccccc2)n2cc(CO)c(=O)c(OCc3ccccc3)c2C1=O. The Morgan fingerprint density at radius 2 is 0.568 bits per heavy atom. The van der Waals surface area contributed by atoms with E-state index in [0.717, 1.165) is 50.1 Å². The van der Waals surface area contributed by atoms with Gasteiger partial charge in [-0.3, -0.25) is 28.8 Å². The van der Waals surface area contributed by atoms with E-state index in [0.29, 0.717) is 52.5 Å². The number of aromatic nitrogens is 3. The van der Waals surface area contributed by atoms with Crippen LogP contribution in [0.1, 0.15) is 139 Å². The van der Waals surface area contributed by atoms with Gasteiger partial charge < -0.3 is 72.1 Å². The number of methoxy groups -OCH3 is 3. The highest BCUT2D eigenvalue weighted by Gasteiger charge is 2.44. The predicted molar refractivity (Wildman–Crippen MR) is 448 cm³/mol. The third kappa shape index (κ3) is 18.9. The van der Waals surface area contributed by atoms with Crippen molar-refractivity contribution in [2.24, 2.45) is 0 Å². The van der Waals surface area contributed by atoms with Gasteiger partial charge in [-0.1, -0.05) is 273 Å². The zero-order chi connectivity index (χ0) is 82.4. The highest BCUT2D eigenvalue weighted by molar-refractivity contribution is 5.99. The summed E-state index contributed by atoms with van der Waals surface area (Å²) in [5.74, 6) is -3.27. The second-order valence-electron chi connectivity index (χ2n) is 28.9. The van der Waals surface area contributed by atoms with Crippen LogP contribution < -0.4 is 30.5 Å². The van der Waals surface area contributed by atoms with Crippen LogP contribution in [0.15, 0.2) is 306 Å². The predicted octanol–water partition coefficient (Wildman–Crippen LogP) is 13.4. The lowest BCUT2D eigenvalue weighted by atomic mass is 9.83. The molecule has 0 unspecified atom stereocenters. The molecule has 0 radical (unpaired) electrons. The maximum atomic E-state index is 13.9. The fourth-order valence-corrected chi connectivity index (χ4v) is 15.8. The second-order valence-corrected chi connectivity index (χ2v) is 28.9. The Bertz CT molecular complexity index is 5190. The molecule has 9 aromatic carbocycles. The van der Waals surface area contributed by atoms with E-state index in [1.54, 1.807) is 53.0 Å². The molecule has 0 spiro atoms. The number of nitrogens with zero attached hydrogens (tertiary/aromatic N) is 6. The molecule has 0 fully saturated rings. The lowest BCUT2D eigenvalue weighted by molar-refractivity contribution is 0.0571. The number of ether oxygens (including phenoxy) is 6. The number of carboxylic acid groups (broad SMARTS) is 1. The van der Waals surface area contributed by atoms with Crippen molar-refractivity contribution < 1.29 is 62.9 Å². The van der Waals surface area contributed by atoms with Crippen LogP contribution in [0, 0.1) is 0 Å². The Kier molecular flexibility index (Phi) is 28.1. The van der Waals surface area contributed by atoms with Gasteiger partial charge in [0, 0.05) is 108 Å². The summed E-state index contributed by atoms with van der Waals surface area (Å²) in [6.45, 7) is 2.46. The van der Waals surface area contributed by atoms with Crippen LogP contribution in [0.25, 0.3) is 0 Å². The van der Waals surface area contributed by atoms with Crippen molar-refractivity contribution in [2.45, 2.75) is 68.9 Å². The molecule has 0 saturated heterocycles. The molecule has 3 aliphatic rings. The van der Waals surface area contributed by atoms with Crippen LogP contribution in [-0.2, 0) is 47.2 Å². The number of aromatic carboxylic acids is 1. The van der Waals surface area contributed by atoms with Crippen LogP contribution in [0.3, 0.4) is 0 Å². The fraction of sp³-hybridized carbons (Fsp3) is 0.240. The summed E-state index contributed by atoms with van der Waals surface area (Å²) in [6.07, 6.45) is 4.55. The molecule has 0 bridgehead atoms. The minimum atomic E-state index is -1.38. The van der Waals surface area contributed by atoms with E-state index in [9.17, 15) is 48.9 Å². The minimum absolute atomic E-state index is 0.00295. The van der Waals surface area contributed by atoms with Crippen molar-refractivity contribution in [3.63, 3.8) is 0 Å². The van der Waals surface area contributed by atoms with E-state index >= 15 is 0 Å². The number of carbonyl (C=O) groups is 4. The first-order valence-corrected chi connectivity index (χ1v) is 39.2. The smallest absolute Gasteiger partial charge is 0.341 e. The topological polar surface area (TPSA) is 260 Å². The quantitative estimate of drug-likeness (QED) is 0.0378. The van der Waals surface area contributed by atoms with Crippen molar-refractivity contribution in [1.82, 2.24) is 28.4 Å². The van der Waals surface area contributed by atoms with Crippen molar-refractivity contribution >= 4 is 23.7 Å². The third-order valence-electron chi connectivity index (χ3n) is 21.5. The average Bonchev–Trinajstić information content (AvgIpc) is 0.749. The summed E-state index contributed by atoms with van der Waals surface area (Å²) in [7, 11) is 4.76. The van der Waals surface area contributed by atoms with Gasteiger partial charge >= 0.3 is 5.97 Å². The van der Waals surface area contributed by atoms with Crippen LogP contribution in [0.4, 0.5) is 0 Å². The molecule has 22 heteroatoms. The fourth-order valence-electron chi connectivity index (χ4n) is 15.8. The van der Waals surface area contributed by atoms with Crippen molar-refractivity contribution in [2.75, 3.05) is 80.4 Å². The largest absolute Gasteiger partial charge is 0.483 e. The number of hydrogen-bond acceptors (Lipinski definition) is 15. The molecule has 12 aromatic rings. The molecule has 6 heterocycles. The molecule has 0 aliphatic carbocycles. The van der Waals surface area contributed by atoms with Crippen LogP contribution >= 0.6 is 0 Å². The van der Waals surface area contributed by atoms with Gasteiger partial charge in [0.1, 0.15) is 25.4 Å². The molecule has 604 valence electrons. The van der Waals surface area contributed by atoms with Crippen molar-refractivity contribution in [3.8, 4) is 17.2 Å². The lowest BCUT2D eigenvalue weighted by Crippen LogP contribution is -2.48. The van der Waals surface area contributed by atoms with Crippen molar-refractivity contribution in [3.05, 3.63) is 406 Å². The average molecular weight is 1590 g/mol. The van der Waals surface area contributed by atoms with E-state index in [1.165, 1.54) is 6.20 Å². The molecule has 118 heavy (non-hydrogen) atoms. The van der Waals surface area contributed by atoms with Crippen LogP contribution in [0.2, 0.25) is 0 Å². The van der Waals surface area contributed by atoms with Gasteiger partial charge in [-0.15, -0.1) is 0 Å². The van der Waals surface area contributed by atoms with Crippen molar-refractivity contribution in [1.29, 1.82) is 0 Å². The monoisotopic (exact) mass is 1590 g/mol. The van der Waals surface area contributed by atoms with Gasteiger partial charge in [-0.2, -0.15) is 0 Å². The molecule has 22 nitrogen and oxygen atoms in total. The van der Waals surface area contributed by atoms with E-state index < -0.39 is 53.0 Å². The normalized spacial score (nSPS) is 14.8. The number of fused-ring (bicyclic) bond motifs is 3. The van der Waals surface area contributed by atoms with Crippen LogP contribution in [0.5, 0.6) is 17.2 Å². The summed E-state index contributed by atoms with van der Waals surface area (Å²) < 4.78 is 39.5. The Hall–Kier alpha value is -13.1. The van der Waals surface area contributed by atoms with Gasteiger partial charge in [0.2, 0.25) is 16.3 Å². The van der Waals surface area contributed by atoms with Gasteiger partial charge in [0.25, 0.3) is 17.7 Å². The first kappa shape index (κ1) is 82.9. The van der Waals surface area contributed by atoms with Crippen LogP contribution in [-0.4, -0.2) is 148 Å². The lowest BCUT2D eigenvalue weighted by Gasteiger charge is -2.41. The minimum Gasteiger partial charge on any atom is -0.483 e. The highest BCUT2D eigenvalue weighted by atomic mass is 16.5. The van der Waals surface area contributed by atoms with E-state index in [1.807, 2.05) is 234 Å². The molecule has 3 N–H and O–H groups in total. The number of benzene rings is 9. The number of rotatable bonds is 30. The Morgan fingerprint density at radius 3 is 0.797 bits per heavy atom. The van der Waals surface area contributed by atoms with Gasteiger partial charge in [-0.25, -0.2) is 4.79 Å². The summed E-state index contributed by atoms with van der Waals surface area (Å²) >= 11 is 0. The zero-order valence-corrected chi connectivity index (χ0v) is 65.9. The number of amides is 3. The molecule has 3 amide bonds. The zero-order valence-electron chi connectivity index (χ0n) is 65.9. The number of carbonyl (C=O) groups excluding carboxylic acids is 3. The molecular weight excluding hydrogens is 1490 g/mol. The summed E-state index contributed by atoms with van der Waals surface area (Å²) in [5.41, 5.74) is 7.39. The number of aliphatic hydroxyl groups excluding tert-OH is 2. The van der Waals surface area contributed by atoms with Gasteiger partial charge in [0.05, 0.1) is 51.2 Å². The maximum absolute atomic E-state index is 13.9. The molecule has 3 aliphatic heterocycles. The Morgan fingerprint density at radius 1 is 0.339 bits per heavy atom. The van der Waals surface area contributed by atoms with Gasteiger partial charge in [-0.05, 0) is 50.1 Å². The summed E-state index contributed by atoms with van der Waals surface area (Å²) in [4.78, 5) is 99.6. The molecule has 3 atom stereocenters. The van der Waals surface area contributed by atoms with E-state index in [-0.39, 0.29) is 113 Å². The number of pyridine rings is 3. The second kappa shape index (κ2) is 40.0. The van der Waals surface area contributed by atoms with E-state index in [4.69, 9.17) is 28.4 Å². The number of aliphatic hydroxyl groups is 2. The molecular formula is C96H94N6O16. The molecule has 3 aromatic heterocycles. The molecule has 0 saturated carbocycles. The van der Waals surface area contributed by atoms with E-state index in [2.05, 4.69) is 48.5 Å². The maximum Gasteiger partial charge on any atom is 0.341 e. The Labute approximate surface area is 684 Å². The standard InChI is InChI=1S/C32H30N2O6.2C32H32N2O5/c1-39-18-17-33-20-26(27(23-13-7-3-8-14-23)24-15-9-4-10-16-24)34-19-25(32(37)38)29(35)30(28(34)31(33)36)40-21-22-11-5-2-6-12-22;2*1-38-18-17-33-20-27(28(24-13-7-3-8-14-24)25-15-9-4-10-16-25)34-19-26(21-35)30(36)31(29(34)32(33)37)39-22-23-11-5-2-6-12-23/h2-16,19,26-27H,17-18,20-21H2,1H3,(H,37,38);2*2-16,19,27-28,35H,17-18,20-22H2,1H3/t26-;2*27-/m111/s1. The number of hydrogen-bond donors (Lipinski definition) is 3. The first-order valence-electron chi connectivity index (χ1n) is 39.2. The summed E-state index contributed by atoms with van der Waals surface area (Å²) in [5, 5.41) is 30.3. The number of carboxylic acids is 1. The highest BCUT2D eigenvalue weighted by Crippen LogP contribution is 2.45.